The number of nitrogens with one attached hydrogen (secondary N) is 5. The quantitative estimate of drug-likeness (QED) is 0.0779. The molecule has 2 fully saturated rings. The molecule has 2 aliphatic rings. The van der Waals surface area contributed by atoms with Crippen molar-refractivity contribution in [3.63, 3.8) is 0 Å². The third kappa shape index (κ3) is 14.0. The third-order valence-electron chi connectivity index (χ3n) is 10.5. The van der Waals surface area contributed by atoms with Crippen LogP contribution >= 0.6 is 0 Å². The fraction of sp³-hybridized carbons (Fsp3) is 0.634. The van der Waals surface area contributed by atoms with Crippen LogP contribution < -0.4 is 32.3 Å². The minimum Gasteiger partial charge on any atom is -0.481 e. The Balaban J connectivity index is 1.77. The Morgan fingerprint density at radius 3 is 1.82 bits per heavy atom. The van der Waals surface area contributed by atoms with Crippen LogP contribution in [0.1, 0.15) is 85.6 Å². The van der Waals surface area contributed by atoms with Crippen LogP contribution in [0, 0.1) is 17.8 Å². The maximum atomic E-state index is 14.0. The van der Waals surface area contributed by atoms with Crippen LogP contribution in [0.2, 0.25) is 0 Å². The van der Waals surface area contributed by atoms with Gasteiger partial charge in [-0.05, 0) is 55.4 Å². The first-order valence-corrected chi connectivity index (χ1v) is 20.5. The Labute approximate surface area is 350 Å². The SMILES string of the molecule is CC(C)C[C@H](N)C(=O)NCC(=O)N[C@H](C(=O)N1CCC[C@H]1C(=O)N[C@H](C(=O)N[C@@H](Cc1ccccc1)C(=O)N[C@@H](CC(=O)O)C(=O)N1CCC[C@H]1C(=O)O)C(C)C)C(C)C. The number of aliphatic carboxylic acids is 2. The lowest BCUT2D eigenvalue weighted by Gasteiger charge is -2.32. The fourth-order valence-electron chi connectivity index (χ4n) is 7.37. The first-order valence-electron chi connectivity index (χ1n) is 20.5. The number of carboxylic acids is 2. The molecule has 60 heavy (non-hydrogen) atoms. The number of benzene rings is 1. The van der Waals surface area contributed by atoms with Crippen LogP contribution in [-0.4, -0.2) is 135 Å². The number of nitrogens with two attached hydrogens (primary N) is 1. The molecule has 0 spiro atoms. The second-order valence-corrected chi connectivity index (χ2v) is 16.6. The molecular formula is C41H62N8O11. The Morgan fingerprint density at radius 1 is 0.700 bits per heavy atom. The number of carbonyl (C=O) groups is 9. The highest BCUT2D eigenvalue weighted by Crippen LogP contribution is 2.22. The number of likely N-dealkylation sites (tertiary alicyclic amines) is 2. The molecule has 332 valence electrons. The smallest absolute Gasteiger partial charge is 0.326 e. The summed E-state index contributed by atoms with van der Waals surface area (Å²) in [7, 11) is 0. The van der Waals surface area contributed by atoms with Crippen LogP contribution in [0.25, 0.3) is 0 Å². The fourth-order valence-corrected chi connectivity index (χ4v) is 7.37. The van der Waals surface area contributed by atoms with Crippen LogP contribution in [0.3, 0.4) is 0 Å². The zero-order valence-electron chi connectivity index (χ0n) is 35.3. The van der Waals surface area contributed by atoms with Crippen molar-refractivity contribution in [2.75, 3.05) is 19.6 Å². The maximum absolute atomic E-state index is 14.0. The normalized spacial score (nSPS) is 18.9. The molecule has 0 aromatic heterocycles. The lowest BCUT2D eigenvalue weighted by atomic mass is 9.99. The molecule has 0 bridgehead atoms. The summed E-state index contributed by atoms with van der Waals surface area (Å²) >= 11 is 0. The number of hydrogen-bond donors (Lipinski definition) is 8. The van der Waals surface area contributed by atoms with E-state index in [0.29, 0.717) is 24.8 Å². The first kappa shape index (κ1) is 48.8. The van der Waals surface area contributed by atoms with Gasteiger partial charge >= 0.3 is 11.9 Å². The van der Waals surface area contributed by atoms with E-state index < -0.39 is 120 Å². The third-order valence-corrected chi connectivity index (χ3v) is 10.5. The van der Waals surface area contributed by atoms with Crippen LogP contribution in [0.4, 0.5) is 0 Å². The van der Waals surface area contributed by atoms with Gasteiger partial charge in [-0.15, -0.1) is 0 Å². The molecule has 0 radical (unpaired) electrons. The molecule has 19 nitrogen and oxygen atoms in total. The monoisotopic (exact) mass is 842 g/mol. The zero-order valence-corrected chi connectivity index (χ0v) is 35.3. The highest BCUT2D eigenvalue weighted by Gasteiger charge is 2.42. The summed E-state index contributed by atoms with van der Waals surface area (Å²) in [5, 5.41) is 32.2. The van der Waals surface area contributed by atoms with Crippen molar-refractivity contribution in [2.24, 2.45) is 23.5 Å². The average Bonchev–Trinajstić information content (AvgIpc) is 3.88. The number of rotatable bonds is 21. The lowest BCUT2D eigenvalue weighted by molar-refractivity contribution is -0.150. The van der Waals surface area contributed by atoms with Gasteiger partial charge in [0.1, 0.15) is 36.3 Å². The van der Waals surface area contributed by atoms with Crippen molar-refractivity contribution in [3.05, 3.63) is 35.9 Å². The Hall–Kier alpha value is -5.59. The molecule has 2 aliphatic heterocycles. The number of carboxylic acid groups (broad SMARTS) is 2. The predicted octanol–water partition coefficient (Wildman–Crippen LogP) is -0.489. The lowest BCUT2D eigenvalue weighted by Crippen LogP contribution is -2.61. The molecule has 7 atom stereocenters. The predicted molar refractivity (Wildman–Crippen MR) is 217 cm³/mol. The molecule has 3 rings (SSSR count). The van der Waals surface area contributed by atoms with E-state index in [9.17, 15) is 53.4 Å². The van der Waals surface area contributed by atoms with Crippen LogP contribution in [0.5, 0.6) is 0 Å². The zero-order chi connectivity index (χ0) is 44.8. The molecule has 2 saturated heterocycles. The van der Waals surface area contributed by atoms with Crippen molar-refractivity contribution in [1.82, 2.24) is 36.4 Å². The summed E-state index contributed by atoms with van der Waals surface area (Å²) in [6, 6.07) is 0.349. The van der Waals surface area contributed by atoms with Gasteiger partial charge in [-0.2, -0.15) is 0 Å². The van der Waals surface area contributed by atoms with Crippen LogP contribution in [-0.2, 0) is 49.6 Å². The highest BCUT2D eigenvalue weighted by atomic mass is 16.4. The van der Waals surface area contributed by atoms with Crippen molar-refractivity contribution >= 4 is 53.3 Å². The van der Waals surface area contributed by atoms with E-state index in [4.69, 9.17) is 5.73 Å². The first-order chi connectivity index (χ1) is 28.2. The summed E-state index contributed by atoms with van der Waals surface area (Å²) < 4.78 is 0. The van der Waals surface area contributed by atoms with Gasteiger partial charge in [-0.1, -0.05) is 71.9 Å². The summed E-state index contributed by atoms with van der Waals surface area (Å²) in [6.45, 7) is 10.5. The topological polar surface area (TPSA) is 287 Å². The molecule has 1 aromatic rings. The van der Waals surface area contributed by atoms with Gasteiger partial charge < -0.3 is 52.3 Å². The highest BCUT2D eigenvalue weighted by molar-refractivity contribution is 5.98. The second kappa shape index (κ2) is 22.7. The van der Waals surface area contributed by atoms with Gasteiger partial charge in [0.05, 0.1) is 19.0 Å². The molecule has 2 heterocycles. The van der Waals surface area contributed by atoms with Gasteiger partial charge in [-0.25, -0.2) is 4.79 Å². The van der Waals surface area contributed by atoms with E-state index in [1.54, 1.807) is 58.0 Å². The van der Waals surface area contributed by atoms with Gasteiger partial charge in [0, 0.05) is 19.5 Å². The molecule has 9 N–H and O–H groups in total. The number of hydrogen-bond acceptors (Lipinski definition) is 10. The minimum absolute atomic E-state index is 0.0619. The van der Waals surface area contributed by atoms with Gasteiger partial charge in [-0.3, -0.25) is 38.4 Å². The second-order valence-electron chi connectivity index (χ2n) is 16.6. The van der Waals surface area contributed by atoms with Gasteiger partial charge in [0.25, 0.3) is 0 Å². The van der Waals surface area contributed by atoms with E-state index in [1.807, 2.05) is 13.8 Å². The Kier molecular flexibility index (Phi) is 18.4. The summed E-state index contributed by atoms with van der Waals surface area (Å²) in [5.41, 5.74) is 6.52. The molecule has 19 heteroatoms. The van der Waals surface area contributed by atoms with E-state index in [1.165, 1.54) is 4.90 Å². The van der Waals surface area contributed by atoms with E-state index >= 15 is 0 Å². The summed E-state index contributed by atoms with van der Waals surface area (Å²) in [4.78, 5) is 120. The Morgan fingerprint density at radius 2 is 1.27 bits per heavy atom. The largest absolute Gasteiger partial charge is 0.481 e. The van der Waals surface area contributed by atoms with E-state index in [-0.39, 0.29) is 38.3 Å². The van der Waals surface area contributed by atoms with Crippen molar-refractivity contribution in [3.8, 4) is 0 Å². The standard InChI is InChI=1S/C41H62N8O11/c1-22(2)18-26(42)35(53)43-21-31(50)46-34(24(5)6)40(58)48-16-10-14-29(48)37(55)47-33(23(3)4)38(56)44-27(19-25-12-8-7-9-13-25)36(54)45-28(20-32(51)52)39(57)49-17-11-15-30(49)41(59)60/h7-9,12-13,22-24,26-30,33-34H,10-11,14-21,42H2,1-6H3,(H,43,53)(H,44,56)(H,45,54)(H,46,50)(H,47,55)(H,51,52)(H,59,60)/t26-,27-,28-,29-,30-,33-,34-/m0/s1. The number of amides is 7. The van der Waals surface area contributed by atoms with E-state index in [0.717, 1.165) is 4.90 Å². The summed E-state index contributed by atoms with van der Waals surface area (Å²) in [6.07, 6.45) is 0.773. The molecule has 7 amide bonds. The van der Waals surface area contributed by atoms with Crippen molar-refractivity contribution in [1.29, 1.82) is 0 Å². The van der Waals surface area contributed by atoms with E-state index in [2.05, 4.69) is 26.6 Å². The number of nitrogens with zero attached hydrogens (tertiary/aromatic N) is 2. The molecule has 0 aliphatic carbocycles. The molecule has 0 saturated carbocycles. The maximum Gasteiger partial charge on any atom is 0.326 e. The molecule has 0 unspecified atom stereocenters. The Bertz CT molecular complexity index is 1720. The summed E-state index contributed by atoms with van der Waals surface area (Å²) in [5.74, 6) is -8.24. The average molecular weight is 843 g/mol. The number of carbonyl (C=O) groups excluding carboxylic acids is 7. The van der Waals surface area contributed by atoms with Gasteiger partial charge in [0.2, 0.25) is 41.4 Å². The van der Waals surface area contributed by atoms with Crippen LogP contribution in [0.15, 0.2) is 30.3 Å². The minimum atomic E-state index is -1.64. The van der Waals surface area contributed by atoms with Crippen molar-refractivity contribution in [2.45, 2.75) is 129 Å². The molecule has 1 aromatic carbocycles. The molecular weight excluding hydrogens is 780 g/mol. The van der Waals surface area contributed by atoms with Crippen molar-refractivity contribution < 1.29 is 53.4 Å². The van der Waals surface area contributed by atoms with Gasteiger partial charge in [0.15, 0.2) is 0 Å².